The number of amides is 1. The van der Waals surface area contributed by atoms with Crippen LogP contribution in [0.15, 0.2) is 18.2 Å². The summed E-state index contributed by atoms with van der Waals surface area (Å²) >= 11 is 0. The molecule has 2 atom stereocenters. The van der Waals surface area contributed by atoms with Gasteiger partial charge in [-0.05, 0) is 57.6 Å². The molecule has 120 valence electrons. The van der Waals surface area contributed by atoms with E-state index in [9.17, 15) is 14.0 Å². The molecule has 22 heavy (non-hydrogen) atoms. The van der Waals surface area contributed by atoms with Crippen molar-refractivity contribution in [3.05, 3.63) is 35.1 Å². The average Bonchev–Trinajstić information content (AvgIpc) is 2.85. The first-order valence-corrected chi connectivity index (χ1v) is 7.53. The summed E-state index contributed by atoms with van der Waals surface area (Å²) in [5.41, 5.74) is 0.103. The molecule has 0 saturated heterocycles. The summed E-state index contributed by atoms with van der Waals surface area (Å²) in [7, 11) is 0. The number of carbonyl (C=O) groups excluding carboxylic acids is 2. The van der Waals surface area contributed by atoms with E-state index in [2.05, 4.69) is 5.32 Å². The summed E-state index contributed by atoms with van der Waals surface area (Å²) < 4.78 is 19.4. The maximum Gasteiger partial charge on any atom is 0.407 e. The van der Waals surface area contributed by atoms with Gasteiger partial charge in [0.1, 0.15) is 11.4 Å². The maximum absolute atomic E-state index is 14.2. The lowest BCUT2D eigenvalue weighted by molar-refractivity contribution is 0.0505. The minimum atomic E-state index is -0.535. The zero-order valence-electron chi connectivity index (χ0n) is 13.2. The van der Waals surface area contributed by atoms with Crippen molar-refractivity contribution in [3.63, 3.8) is 0 Å². The van der Waals surface area contributed by atoms with Crippen LogP contribution in [0, 0.1) is 5.82 Å². The van der Waals surface area contributed by atoms with Crippen LogP contribution in [0.25, 0.3) is 0 Å². The Bertz CT molecular complexity index is 566. The summed E-state index contributed by atoms with van der Waals surface area (Å²) in [6.45, 7) is 5.43. The monoisotopic (exact) mass is 307 g/mol. The SMILES string of the molecule is CC(C)(C)OC(=O)NC1CCC(c2cccc(C=O)c2F)C1. The lowest BCUT2D eigenvalue weighted by Crippen LogP contribution is -2.37. The number of rotatable bonds is 3. The highest BCUT2D eigenvalue weighted by Crippen LogP contribution is 2.36. The minimum Gasteiger partial charge on any atom is -0.444 e. The van der Waals surface area contributed by atoms with E-state index in [0.29, 0.717) is 18.3 Å². The van der Waals surface area contributed by atoms with Crippen molar-refractivity contribution in [2.24, 2.45) is 0 Å². The molecule has 4 nitrogen and oxygen atoms in total. The molecule has 0 aromatic heterocycles. The molecule has 1 fully saturated rings. The topological polar surface area (TPSA) is 55.4 Å². The largest absolute Gasteiger partial charge is 0.444 e. The van der Waals surface area contributed by atoms with E-state index >= 15 is 0 Å². The number of benzene rings is 1. The van der Waals surface area contributed by atoms with E-state index in [4.69, 9.17) is 4.74 Å². The molecule has 1 aromatic carbocycles. The highest BCUT2D eigenvalue weighted by molar-refractivity contribution is 5.75. The Kier molecular flexibility index (Phi) is 4.84. The van der Waals surface area contributed by atoms with E-state index in [1.807, 2.05) is 20.8 Å². The van der Waals surface area contributed by atoms with Crippen LogP contribution in [-0.2, 0) is 4.74 Å². The molecule has 0 radical (unpaired) electrons. The van der Waals surface area contributed by atoms with Gasteiger partial charge in [-0.3, -0.25) is 4.79 Å². The standard InChI is InChI=1S/C17H22FNO3/c1-17(2,3)22-16(21)19-13-8-7-11(9-13)14-6-4-5-12(10-20)15(14)18/h4-6,10-11,13H,7-9H2,1-3H3,(H,19,21). The Morgan fingerprint density at radius 2 is 2.09 bits per heavy atom. The molecule has 1 aliphatic carbocycles. The summed E-state index contributed by atoms with van der Waals surface area (Å²) in [5, 5.41) is 2.83. The zero-order valence-corrected chi connectivity index (χ0v) is 13.2. The average molecular weight is 307 g/mol. The Balaban J connectivity index is 1.99. The molecule has 1 amide bonds. The van der Waals surface area contributed by atoms with Crippen LogP contribution in [0.1, 0.15) is 61.9 Å². The molecule has 1 saturated carbocycles. The fourth-order valence-electron chi connectivity index (χ4n) is 2.84. The van der Waals surface area contributed by atoms with Gasteiger partial charge in [0.2, 0.25) is 0 Å². The number of carbonyl (C=O) groups is 2. The van der Waals surface area contributed by atoms with Gasteiger partial charge in [-0.25, -0.2) is 9.18 Å². The van der Waals surface area contributed by atoms with Crippen molar-refractivity contribution < 1.29 is 18.7 Å². The number of aldehydes is 1. The second-order valence-electron chi connectivity index (χ2n) is 6.72. The highest BCUT2D eigenvalue weighted by atomic mass is 19.1. The van der Waals surface area contributed by atoms with Gasteiger partial charge in [0.25, 0.3) is 0 Å². The van der Waals surface area contributed by atoms with E-state index in [1.54, 1.807) is 12.1 Å². The van der Waals surface area contributed by atoms with Crippen molar-refractivity contribution in [3.8, 4) is 0 Å². The third-order valence-corrected chi connectivity index (χ3v) is 3.78. The molecule has 0 heterocycles. The second-order valence-corrected chi connectivity index (χ2v) is 6.72. The Hall–Kier alpha value is -1.91. The van der Waals surface area contributed by atoms with E-state index < -0.39 is 17.5 Å². The van der Waals surface area contributed by atoms with Crippen molar-refractivity contribution in [2.75, 3.05) is 0 Å². The van der Waals surface area contributed by atoms with Gasteiger partial charge < -0.3 is 10.1 Å². The smallest absolute Gasteiger partial charge is 0.407 e. The van der Waals surface area contributed by atoms with Crippen LogP contribution in [0.4, 0.5) is 9.18 Å². The maximum atomic E-state index is 14.2. The van der Waals surface area contributed by atoms with Crippen LogP contribution in [0.2, 0.25) is 0 Å². The first kappa shape index (κ1) is 16.5. The third-order valence-electron chi connectivity index (χ3n) is 3.78. The molecule has 5 heteroatoms. The molecular formula is C17H22FNO3. The zero-order chi connectivity index (χ0) is 16.3. The normalized spacial score (nSPS) is 21.5. The highest BCUT2D eigenvalue weighted by Gasteiger charge is 2.30. The molecule has 1 aromatic rings. The van der Waals surface area contributed by atoms with E-state index in [1.165, 1.54) is 6.07 Å². The van der Waals surface area contributed by atoms with Crippen molar-refractivity contribution in [1.82, 2.24) is 5.32 Å². The molecule has 0 aliphatic heterocycles. The van der Waals surface area contributed by atoms with Gasteiger partial charge in [-0.15, -0.1) is 0 Å². The second kappa shape index (κ2) is 6.46. The van der Waals surface area contributed by atoms with Crippen LogP contribution >= 0.6 is 0 Å². The number of halogens is 1. The summed E-state index contributed by atoms with van der Waals surface area (Å²) in [5.74, 6) is -0.430. The van der Waals surface area contributed by atoms with Gasteiger partial charge in [0.15, 0.2) is 6.29 Å². The van der Waals surface area contributed by atoms with Gasteiger partial charge in [0.05, 0.1) is 5.56 Å². The first-order chi connectivity index (χ1) is 10.3. The van der Waals surface area contributed by atoms with Gasteiger partial charge in [0, 0.05) is 6.04 Å². The summed E-state index contributed by atoms with van der Waals surface area (Å²) in [6, 6.07) is 4.84. The number of hydrogen-bond acceptors (Lipinski definition) is 3. The molecule has 0 bridgehead atoms. The summed E-state index contributed by atoms with van der Waals surface area (Å²) in [4.78, 5) is 22.6. The Labute approximate surface area is 130 Å². The minimum absolute atomic E-state index is 0.0137. The molecule has 2 unspecified atom stereocenters. The van der Waals surface area contributed by atoms with Crippen molar-refractivity contribution in [1.29, 1.82) is 0 Å². The molecule has 1 N–H and O–H groups in total. The van der Waals surface area contributed by atoms with Crippen LogP contribution in [0.5, 0.6) is 0 Å². The predicted octanol–water partition coefficient (Wildman–Crippen LogP) is 3.80. The molecular weight excluding hydrogens is 285 g/mol. The molecule has 0 spiro atoms. The fourth-order valence-corrected chi connectivity index (χ4v) is 2.84. The number of alkyl carbamates (subject to hydrolysis) is 1. The van der Waals surface area contributed by atoms with Crippen LogP contribution in [-0.4, -0.2) is 24.0 Å². The first-order valence-electron chi connectivity index (χ1n) is 7.53. The van der Waals surface area contributed by atoms with Gasteiger partial charge >= 0.3 is 6.09 Å². The van der Waals surface area contributed by atoms with Crippen LogP contribution in [0.3, 0.4) is 0 Å². The van der Waals surface area contributed by atoms with Gasteiger partial charge in [-0.2, -0.15) is 0 Å². The van der Waals surface area contributed by atoms with Gasteiger partial charge in [-0.1, -0.05) is 12.1 Å². The lowest BCUT2D eigenvalue weighted by atomic mass is 9.95. The third kappa shape index (κ3) is 4.06. The lowest BCUT2D eigenvalue weighted by Gasteiger charge is -2.21. The van der Waals surface area contributed by atoms with Crippen LogP contribution < -0.4 is 5.32 Å². The predicted molar refractivity (Wildman–Crippen MR) is 81.5 cm³/mol. The number of nitrogens with one attached hydrogen (secondary N) is 1. The fraction of sp³-hybridized carbons (Fsp3) is 0.529. The Morgan fingerprint density at radius 3 is 2.73 bits per heavy atom. The van der Waals surface area contributed by atoms with E-state index in [-0.39, 0.29) is 17.5 Å². The quantitative estimate of drug-likeness (QED) is 0.864. The molecule has 1 aliphatic rings. The number of ether oxygens (including phenoxy) is 1. The Morgan fingerprint density at radius 1 is 1.36 bits per heavy atom. The number of hydrogen-bond donors (Lipinski definition) is 1. The van der Waals surface area contributed by atoms with Crippen molar-refractivity contribution >= 4 is 12.4 Å². The molecule has 2 rings (SSSR count). The summed E-state index contributed by atoms with van der Waals surface area (Å²) in [6.07, 6.45) is 2.29. The van der Waals surface area contributed by atoms with E-state index in [0.717, 1.165) is 12.8 Å². The van der Waals surface area contributed by atoms with Crippen molar-refractivity contribution in [2.45, 2.75) is 57.6 Å².